The Labute approximate surface area is 166 Å². The van der Waals surface area contributed by atoms with E-state index >= 15 is 0 Å². The van der Waals surface area contributed by atoms with Crippen LogP contribution < -0.4 is 16.8 Å². The van der Waals surface area contributed by atoms with Crippen LogP contribution in [0.15, 0.2) is 39.7 Å². The highest BCUT2D eigenvalue weighted by atomic mass is 16.4. The first-order chi connectivity index (χ1) is 14.3. The third-order valence-electron chi connectivity index (χ3n) is 4.50. The molecular weight excluding hydrogens is 396 g/mol. The molecule has 0 spiro atoms. The van der Waals surface area contributed by atoms with Gasteiger partial charge in [-0.2, -0.15) is 5.10 Å². The van der Waals surface area contributed by atoms with Crippen molar-refractivity contribution < 1.29 is 23.9 Å². The number of nitrogens with two attached hydrogens (primary N) is 1. The predicted molar refractivity (Wildman–Crippen MR) is 101 cm³/mol. The smallest absolute Gasteiger partial charge is 0.419 e. The molecule has 0 unspecified atom stereocenters. The summed E-state index contributed by atoms with van der Waals surface area (Å²) in [6.07, 6.45) is 1.09. The van der Waals surface area contributed by atoms with Gasteiger partial charge in [0.1, 0.15) is 11.3 Å². The zero-order valence-corrected chi connectivity index (χ0v) is 15.4. The Morgan fingerprint density at radius 1 is 1.27 bits per heavy atom. The predicted octanol–water partition coefficient (Wildman–Crippen LogP) is -0.0987. The number of rotatable bonds is 5. The summed E-state index contributed by atoms with van der Waals surface area (Å²) >= 11 is 0. The zero-order valence-electron chi connectivity index (χ0n) is 15.4. The van der Waals surface area contributed by atoms with Gasteiger partial charge in [0.25, 0.3) is 11.8 Å². The SMILES string of the molecule is Cn1c(=O)oc2ccc(CNC(=O)c3cc(C(=O)O)n4ncc(C(N)=O)c4n3)cc21. The molecule has 4 rings (SSSR count). The van der Waals surface area contributed by atoms with Gasteiger partial charge in [-0.15, -0.1) is 0 Å². The number of carbonyl (C=O) groups is 3. The van der Waals surface area contributed by atoms with E-state index in [0.29, 0.717) is 16.7 Å². The van der Waals surface area contributed by atoms with Crippen molar-refractivity contribution in [3.63, 3.8) is 0 Å². The lowest BCUT2D eigenvalue weighted by Gasteiger charge is -2.07. The van der Waals surface area contributed by atoms with Crippen LogP contribution in [0, 0.1) is 0 Å². The minimum atomic E-state index is -1.36. The maximum atomic E-state index is 12.6. The highest BCUT2D eigenvalue weighted by Crippen LogP contribution is 2.15. The Balaban J connectivity index is 1.65. The first kappa shape index (κ1) is 18.9. The van der Waals surface area contributed by atoms with Crippen molar-refractivity contribution in [1.29, 1.82) is 0 Å². The van der Waals surface area contributed by atoms with Crippen molar-refractivity contribution in [2.24, 2.45) is 12.8 Å². The number of carbonyl (C=O) groups excluding carboxylic acids is 2. The van der Waals surface area contributed by atoms with Gasteiger partial charge in [0.15, 0.2) is 16.9 Å². The molecule has 30 heavy (non-hydrogen) atoms. The number of nitrogens with one attached hydrogen (secondary N) is 1. The number of fused-ring (bicyclic) bond motifs is 2. The molecule has 2 amide bonds. The second kappa shape index (κ2) is 6.84. The molecular formula is C18H14N6O6. The number of benzene rings is 1. The van der Waals surface area contributed by atoms with Gasteiger partial charge in [-0.25, -0.2) is 19.1 Å². The average molecular weight is 410 g/mol. The molecule has 0 aliphatic carbocycles. The number of amides is 2. The summed E-state index contributed by atoms with van der Waals surface area (Å²) in [5.41, 5.74) is 6.08. The van der Waals surface area contributed by atoms with E-state index in [9.17, 15) is 24.3 Å². The van der Waals surface area contributed by atoms with E-state index in [2.05, 4.69) is 15.4 Å². The van der Waals surface area contributed by atoms with Crippen molar-refractivity contribution in [3.05, 3.63) is 63.5 Å². The van der Waals surface area contributed by atoms with Crippen LogP contribution in [0.3, 0.4) is 0 Å². The number of oxazole rings is 1. The third-order valence-corrected chi connectivity index (χ3v) is 4.50. The van der Waals surface area contributed by atoms with Crippen molar-refractivity contribution in [2.45, 2.75) is 6.54 Å². The topological polar surface area (TPSA) is 175 Å². The van der Waals surface area contributed by atoms with Crippen LogP contribution in [0.5, 0.6) is 0 Å². The quantitative estimate of drug-likeness (QED) is 0.409. The first-order valence-electron chi connectivity index (χ1n) is 8.55. The lowest BCUT2D eigenvalue weighted by Crippen LogP contribution is -2.25. The van der Waals surface area contributed by atoms with Gasteiger partial charge < -0.3 is 20.6 Å². The van der Waals surface area contributed by atoms with E-state index in [1.165, 1.54) is 4.57 Å². The molecule has 152 valence electrons. The minimum absolute atomic E-state index is 0.0747. The lowest BCUT2D eigenvalue weighted by atomic mass is 10.2. The Bertz CT molecular complexity index is 1410. The van der Waals surface area contributed by atoms with Gasteiger partial charge in [-0.1, -0.05) is 6.07 Å². The van der Waals surface area contributed by atoms with Gasteiger partial charge in [0.2, 0.25) is 0 Å². The molecule has 3 aromatic heterocycles. The average Bonchev–Trinajstić information content (AvgIpc) is 3.26. The molecule has 12 nitrogen and oxygen atoms in total. The molecule has 0 aliphatic heterocycles. The number of aromatic nitrogens is 4. The fourth-order valence-corrected chi connectivity index (χ4v) is 2.96. The van der Waals surface area contributed by atoms with E-state index < -0.39 is 23.5 Å². The molecule has 0 saturated carbocycles. The summed E-state index contributed by atoms with van der Waals surface area (Å²) in [5.74, 6) is -3.39. The molecule has 4 N–H and O–H groups in total. The molecule has 0 bridgehead atoms. The monoisotopic (exact) mass is 410 g/mol. The van der Waals surface area contributed by atoms with E-state index in [4.69, 9.17) is 10.2 Å². The van der Waals surface area contributed by atoms with Crippen molar-refractivity contribution >= 4 is 34.5 Å². The zero-order chi connectivity index (χ0) is 21.6. The molecule has 0 atom stereocenters. The Kier molecular flexibility index (Phi) is 4.30. The van der Waals surface area contributed by atoms with Crippen LogP contribution in [-0.4, -0.2) is 42.1 Å². The van der Waals surface area contributed by atoms with Crippen molar-refractivity contribution in [2.75, 3.05) is 0 Å². The number of hydrogen-bond donors (Lipinski definition) is 3. The molecule has 0 radical (unpaired) electrons. The van der Waals surface area contributed by atoms with E-state index in [0.717, 1.165) is 16.8 Å². The van der Waals surface area contributed by atoms with Gasteiger partial charge in [0, 0.05) is 19.7 Å². The fraction of sp³-hybridized carbons (Fsp3) is 0.111. The van der Waals surface area contributed by atoms with Gasteiger partial charge >= 0.3 is 11.7 Å². The van der Waals surface area contributed by atoms with E-state index in [-0.39, 0.29) is 29.1 Å². The van der Waals surface area contributed by atoms with Gasteiger partial charge in [-0.3, -0.25) is 14.2 Å². The maximum Gasteiger partial charge on any atom is 0.419 e. The molecule has 0 fully saturated rings. The summed E-state index contributed by atoms with van der Waals surface area (Å²) in [6, 6.07) is 6.01. The largest absolute Gasteiger partial charge is 0.477 e. The second-order valence-electron chi connectivity index (χ2n) is 6.40. The number of carboxylic acid groups (broad SMARTS) is 1. The van der Waals surface area contributed by atoms with Crippen LogP contribution in [-0.2, 0) is 13.6 Å². The standard InChI is InChI=1S/C18H14N6O6/c1-23-11-4-8(2-3-13(11)30-18(23)29)6-20-16(26)10-5-12(17(27)28)24-15(22-10)9(7-21-24)14(19)25/h2-5,7H,6H2,1H3,(H2,19,25)(H,20,26)(H,27,28). The van der Waals surface area contributed by atoms with Crippen LogP contribution >= 0.6 is 0 Å². The minimum Gasteiger partial charge on any atom is -0.477 e. The maximum absolute atomic E-state index is 12.6. The molecule has 0 aliphatic rings. The molecule has 0 saturated heterocycles. The highest BCUT2D eigenvalue weighted by Gasteiger charge is 2.21. The highest BCUT2D eigenvalue weighted by molar-refractivity contribution is 6.01. The summed E-state index contributed by atoms with van der Waals surface area (Å²) in [4.78, 5) is 51.3. The van der Waals surface area contributed by atoms with Crippen LogP contribution in [0.25, 0.3) is 16.7 Å². The Morgan fingerprint density at radius 2 is 2.03 bits per heavy atom. The summed E-state index contributed by atoms with van der Waals surface area (Å²) in [7, 11) is 1.56. The molecule has 4 aromatic rings. The number of nitrogens with zero attached hydrogens (tertiary/aromatic N) is 4. The van der Waals surface area contributed by atoms with Crippen molar-refractivity contribution in [1.82, 2.24) is 24.5 Å². The Hall–Kier alpha value is -4.48. The Morgan fingerprint density at radius 3 is 2.73 bits per heavy atom. The summed E-state index contributed by atoms with van der Waals surface area (Å²) in [5, 5.41) is 15.8. The number of aromatic carboxylic acids is 1. The summed E-state index contributed by atoms with van der Waals surface area (Å²) < 4.78 is 7.31. The normalized spacial score (nSPS) is 11.1. The summed E-state index contributed by atoms with van der Waals surface area (Å²) in [6.45, 7) is 0.0747. The number of primary amides is 1. The third kappa shape index (κ3) is 3.05. The van der Waals surface area contributed by atoms with Crippen LogP contribution in [0.4, 0.5) is 0 Å². The number of aryl methyl sites for hydroxylation is 1. The molecule has 12 heteroatoms. The van der Waals surface area contributed by atoms with Crippen LogP contribution in [0.1, 0.15) is 36.9 Å². The van der Waals surface area contributed by atoms with Gasteiger partial charge in [0.05, 0.1) is 11.7 Å². The number of carboxylic acids is 1. The first-order valence-corrected chi connectivity index (χ1v) is 8.55. The molecule has 1 aromatic carbocycles. The van der Waals surface area contributed by atoms with Crippen LogP contribution in [0.2, 0.25) is 0 Å². The molecule has 3 heterocycles. The van der Waals surface area contributed by atoms with Gasteiger partial charge in [-0.05, 0) is 17.7 Å². The van der Waals surface area contributed by atoms with Crippen molar-refractivity contribution in [3.8, 4) is 0 Å². The second-order valence-corrected chi connectivity index (χ2v) is 6.40. The van der Waals surface area contributed by atoms with E-state index in [1.54, 1.807) is 25.2 Å². The lowest BCUT2D eigenvalue weighted by molar-refractivity contribution is 0.0686. The van der Waals surface area contributed by atoms with E-state index in [1.807, 2.05) is 0 Å². The fourth-order valence-electron chi connectivity index (χ4n) is 2.96. The number of hydrogen-bond acceptors (Lipinski definition) is 7.